The molecule has 0 fully saturated rings. The van der Waals surface area contributed by atoms with Crippen LogP contribution in [-0.4, -0.2) is 0 Å². The number of hydrogen-bond acceptors (Lipinski definition) is 3. The summed E-state index contributed by atoms with van der Waals surface area (Å²) in [5.41, 5.74) is 0. The fourth-order valence-electron chi connectivity index (χ4n) is 0. The molecule has 0 spiro atoms. The van der Waals surface area contributed by atoms with Gasteiger partial charge in [-0.3, -0.25) is 0 Å². The molecular weight excluding hydrogens is 56.0 g/mol. The normalized spacial score (nSPS) is 9.00. The third-order valence-electron chi connectivity index (χ3n) is 0. The molecule has 0 radical (unpaired) electrons. The zero-order valence-corrected chi connectivity index (χ0v) is 2.23. The minimum absolute atomic E-state index is 0.0833. The van der Waals surface area contributed by atoms with Crippen LogP contribution in [0.5, 0.6) is 0 Å². The van der Waals surface area contributed by atoms with E-state index in [1.807, 2.05) is 0 Å². The van der Waals surface area contributed by atoms with Crippen LogP contribution in [0.4, 0.5) is 0 Å². The molecule has 0 aliphatic rings. The summed E-state index contributed by atoms with van der Waals surface area (Å²) in [6.45, 7) is 0. The van der Waals surface area contributed by atoms with E-state index in [-0.39, 0.29) is 5.23 Å². The van der Waals surface area contributed by atoms with Crippen molar-refractivity contribution < 1.29 is 5.23 Å². The van der Waals surface area contributed by atoms with E-state index < -0.39 is 0 Å². The SMILES string of the molecule is N[NH+](N)N. The van der Waals surface area contributed by atoms with Crippen molar-refractivity contribution in [1.82, 2.24) is 0 Å². The van der Waals surface area contributed by atoms with Crippen molar-refractivity contribution >= 4 is 0 Å². The average Bonchev–Trinajstić information content (AvgIpc) is 0.811. The second kappa shape index (κ2) is 1.19. The predicted octanol–water partition coefficient (Wildman–Crippen LogP) is -3.51. The Labute approximate surface area is 24.1 Å². The number of nitrogens with two attached hydrogens (primary N) is 3. The van der Waals surface area contributed by atoms with Gasteiger partial charge < -0.3 is 0 Å². The predicted molar refractivity (Wildman–Crippen MR) is 13.5 cm³/mol. The fraction of sp³-hybridized carbons (Fsp3) is 0. The Hall–Kier alpha value is -0.160. The largest absolute Gasteiger partial charge is 0.143 e. The Morgan fingerprint density at radius 3 is 1.00 bits per heavy atom. The van der Waals surface area contributed by atoms with Crippen molar-refractivity contribution in [3.8, 4) is 0 Å². The van der Waals surface area contributed by atoms with Crippen LogP contribution in [0.2, 0.25) is 0 Å². The molecule has 0 rings (SSSR count). The smallest absolute Gasteiger partial charge is 0.117 e. The highest BCUT2D eigenvalue weighted by atomic mass is 15.7. The molecule has 0 atom stereocenters. The molecule has 0 aromatic carbocycles. The highest BCUT2D eigenvalue weighted by Crippen LogP contribution is 0.310. The van der Waals surface area contributed by atoms with Crippen molar-refractivity contribution in [3.63, 3.8) is 0 Å². The summed E-state index contributed by atoms with van der Waals surface area (Å²) in [7, 11) is 0. The highest BCUT2D eigenvalue weighted by molar-refractivity contribution is 3.20. The lowest BCUT2D eigenvalue weighted by atomic mass is 12.3. The van der Waals surface area contributed by atoms with Crippen LogP contribution >= 0.6 is 0 Å². The molecule has 4 heavy (non-hydrogen) atoms. The summed E-state index contributed by atoms with van der Waals surface area (Å²) >= 11 is 0. The third kappa shape index (κ3) is 50.7. The summed E-state index contributed by atoms with van der Waals surface area (Å²) in [4.78, 5) is 0. The van der Waals surface area contributed by atoms with Crippen molar-refractivity contribution in [2.75, 3.05) is 0 Å². The van der Waals surface area contributed by atoms with Gasteiger partial charge in [0.1, 0.15) is 0 Å². The first-order valence-electron chi connectivity index (χ1n) is 0.866. The van der Waals surface area contributed by atoms with Crippen LogP contribution in [0, 0.1) is 0 Å². The maximum atomic E-state index is 4.58. The van der Waals surface area contributed by atoms with Crippen LogP contribution in [0.15, 0.2) is 0 Å². The second-order valence-corrected chi connectivity index (χ2v) is 0.500. The fourth-order valence-corrected chi connectivity index (χ4v) is 0. The maximum absolute atomic E-state index is 4.58. The first-order valence-corrected chi connectivity index (χ1v) is 0.866. The Balaban J connectivity index is 2.32. The summed E-state index contributed by atoms with van der Waals surface area (Å²) in [6, 6.07) is 0. The monoisotopic (exact) mass is 63.1 g/mol. The zero-order valence-electron chi connectivity index (χ0n) is 2.23. The van der Waals surface area contributed by atoms with Crippen LogP contribution in [-0.2, 0) is 0 Å². The summed E-state index contributed by atoms with van der Waals surface area (Å²) < 4.78 is 0. The maximum Gasteiger partial charge on any atom is -0.117 e. The molecule has 26 valence electrons. The Morgan fingerprint density at radius 1 is 1.00 bits per heavy atom. The van der Waals surface area contributed by atoms with Gasteiger partial charge in [-0.25, -0.2) is 0 Å². The second-order valence-electron chi connectivity index (χ2n) is 0.500. The molecule has 0 aliphatic heterocycles. The minimum Gasteiger partial charge on any atom is -0.143 e. The lowest BCUT2D eigenvalue weighted by molar-refractivity contribution is -0.937. The van der Waals surface area contributed by atoms with Crippen LogP contribution < -0.4 is 22.8 Å². The standard InChI is InChI=1S/H6N4/c1-4(2)3/h1-3H2/p+1. The number of nitrogens with one attached hydrogen (secondary N) is 1. The topological polar surface area (TPSA) is 82.5 Å². The van der Waals surface area contributed by atoms with E-state index in [4.69, 9.17) is 0 Å². The molecule has 0 aromatic heterocycles. The molecule has 4 nitrogen and oxygen atoms in total. The van der Waals surface area contributed by atoms with E-state index in [0.717, 1.165) is 0 Å². The van der Waals surface area contributed by atoms with Gasteiger partial charge in [-0.15, -0.1) is 22.8 Å². The molecule has 0 aliphatic carbocycles. The van der Waals surface area contributed by atoms with Crippen LogP contribution in [0.25, 0.3) is 0 Å². The molecule has 0 unspecified atom stereocenters. The van der Waals surface area contributed by atoms with Gasteiger partial charge in [0, 0.05) is 0 Å². The first-order chi connectivity index (χ1) is 1.73. The summed E-state index contributed by atoms with van der Waals surface area (Å²) in [6.07, 6.45) is 0. The van der Waals surface area contributed by atoms with Crippen molar-refractivity contribution in [3.05, 3.63) is 0 Å². The molecule has 0 amide bonds. The molecule has 4 heteroatoms. The lowest BCUT2D eigenvalue weighted by Crippen LogP contribution is -3.28. The van der Waals surface area contributed by atoms with Crippen LogP contribution in [0.1, 0.15) is 0 Å². The minimum atomic E-state index is -0.0833. The van der Waals surface area contributed by atoms with Gasteiger partial charge in [0.15, 0.2) is 0 Å². The van der Waals surface area contributed by atoms with E-state index in [9.17, 15) is 0 Å². The third-order valence-corrected chi connectivity index (χ3v) is 0. The van der Waals surface area contributed by atoms with E-state index in [1.165, 1.54) is 0 Å². The summed E-state index contributed by atoms with van der Waals surface area (Å²) in [5, 5.41) is -0.0833. The molecule has 0 heterocycles. The van der Waals surface area contributed by atoms with Gasteiger partial charge in [0.05, 0.1) is 0 Å². The van der Waals surface area contributed by atoms with E-state index >= 15 is 0 Å². The highest BCUT2D eigenvalue weighted by Gasteiger charge is 1.60. The van der Waals surface area contributed by atoms with E-state index in [0.29, 0.717) is 0 Å². The van der Waals surface area contributed by atoms with Gasteiger partial charge in [0.25, 0.3) is 0 Å². The summed E-state index contributed by atoms with van der Waals surface area (Å²) in [5.74, 6) is 13.8. The number of hydrogen-bond donors (Lipinski definition) is 4. The number of quaternary nitrogens is 1. The van der Waals surface area contributed by atoms with Crippen LogP contribution in [0.3, 0.4) is 0 Å². The van der Waals surface area contributed by atoms with Gasteiger partial charge in [-0.2, -0.15) is 0 Å². The zero-order chi connectivity index (χ0) is 3.58. The Bertz CT molecular complexity index is 4.75. The molecule has 0 bridgehead atoms. The van der Waals surface area contributed by atoms with Gasteiger partial charge in [0.2, 0.25) is 0 Å². The molecule has 0 aromatic rings. The number of rotatable bonds is 0. The Morgan fingerprint density at radius 2 is 1.00 bits per heavy atom. The van der Waals surface area contributed by atoms with Crippen molar-refractivity contribution in [2.24, 2.45) is 17.5 Å². The molecule has 0 saturated carbocycles. The molecular formula is H7N4+. The Kier molecular flexibility index (Phi) is 1.14. The van der Waals surface area contributed by atoms with E-state index in [1.54, 1.807) is 0 Å². The lowest BCUT2D eigenvalue weighted by Gasteiger charge is -1.86. The average molecular weight is 63.1 g/mol. The first kappa shape index (κ1) is 3.84. The van der Waals surface area contributed by atoms with E-state index in [2.05, 4.69) is 17.5 Å². The van der Waals surface area contributed by atoms with Gasteiger partial charge in [-0.05, 0) is 0 Å². The van der Waals surface area contributed by atoms with Gasteiger partial charge >= 0.3 is 0 Å². The quantitative estimate of drug-likeness (QED) is 0.174. The molecule has 7 N–H and O–H groups in total. The van der Waals surface area contributed by atoms with Crippen molar-refractivity contribution in [1.29, 1.82) is 0 Å². The van der Waals surface area contributed by atoms with Gasteiger partial charge in [-0.1, -0.05) is 0 Å². The van der Waals surface area contributed by atoms with Crippen molar-refractivity contribution in [2.45, 2.75) is 0 Å². The molecule has 0 saturated heterocycles.